The van der Waals surface area contributed by atoms with Gasteiger partial charge >= 0.3 is 0 Å². The minimum absolute atomic E-state index is 0.0709. The lowest BCUT2D eigenvalue weighted by molar-refractivity contribution is 0.275. The normalized spacial score (nSPS) is 15.0. The number of hydrogen-bond donors (Lipinski definition) is 0. The van der Waals surface area contributed by atoms with E-state index in [0.29, 0.717) is 0 Å². The van der Waals surface area contributed by atoms with Gasteiger partial charge in [-0.25, -0.2) is 0 Å². The van der Waals surface area contributed by atoms with Crippen LogP contribution in [0, 0.1) is 0 Å². The summed E-state index contributed by atoms with van der Waals surface area (Å²) >= 11 is 0. The molecular formula is C12H22OSi. The van der Waals surface area contributed by atoms with E-state index in [-0.39, 0.29) is 6.10 Å². The highest BCUT2D eigenvalue weighted by atomic mass is 28.4. The highest BCUT2D eigenvalue weighted by molar-refractivity contribution is 6.71. The second kappa shape index (κ2) is 5.99. The molecule has 80 valence electrons. The van der Waals surface area contributed by atoms with Gasteiger partial charge in [-0.1, -0.05) is 18.2 Å². The Labute approximate surface area is 89.3 Å². The van der Waals surface area contributed by atoms with Crippen molar-refractivity contribution in [1.82, 2.24) is 0 Å². The second-order valence-corrected chi connectivity index (χ2v) is 8.22. The monoisotopic (exact) mass is 210 g/mol. The number of hydrogen-bond acceptors (Lipinski definition) is 1. The molecule has 2 heteroatoms. The van der Waals surface area contributed by atoms with Crippen molar-refractivity contribution in [3.63, 3.8) is 0 Å². The molecule has 0 fully saturated rings. The lowest BCUT2D eigenvalue weighted by atomic mass is 10.2. The molecule has 1 nitrogen and oxygen atoms in total. The van der Waals surface area contributed by atoms with Gasteiger partial charge in [0, 0.05) is 0 Å². The van der Waals surface area contributed by atoms with E-state index in [9.17, 15) is 0 Å². The molecule has 0 spiro atoms. The first-order valence-corrected chi connectivity index (χ1v) is 8.12. The second-order valence-electron chi connectivity index (χ2n) is 4.06. The predicted octanol–water partition coefficient (Wildman–Crippen LogP) is 3.91. The average molecular weight is 210 g/mol. The summed E-state index contributed by atoms with van der Waals surface area (Å²) in [6.45, 7) is 16.1. The van der Waals surface area contributed by atoms with E-state index in [2.05, 4.69) is 39.3 Å². The molecule has 0 rings (SSSR count). The zero-order chi connectivity index (χ0) is 11.2. The summed E-state index contributed by atoms with van der Waals surface area (Å²) in [7, 11) is -1.60. The SMILES string of the molecule is C=CC[Si](C)(C)O[C@H](C=C)/C(C)=C/C. The first-order valence-electron chi connectivity index (χ1n) is 5.01. The molecule has 0 heterocycles. The van der Waals surface area contributed by atoms with Crippen molar-refractivity contribution in [2.24, 2.45) is 0 Å². The molecule has 0 unspecified atom stereocenters. The van der Waals surface area contributed by atoms with Crippen LogP contribution in [-0.4, -0.2) is 14.4 Å². The Kier molecular flexibility index (Phi) is 5.73. The van der Waals surface area contributed by atoms with Crippen molar-refractivity contribution in [3.05, 3.63) is 37.0 Å². The van der Waals surface area contributed by atoms with Gasteiger partial charge in [0.15, 0.2) is 8.32 Å². The summed E-state index contributed by atoms with van der Waals surface area (Å²) in [4.78, 5) is 0. The average Bonchev–Trinajstić information content (AvgIpc) is 2.13. The number of rotatable bonds is 6. The molecule has 0 aromatic carbocycles. The van der Waals surface area contributed by atoms with E-state index in [4.69, 9.17) is 4.43 Å². The van der Waals surface area contributed by atoms with Crippen LogP contribution in [0.1, 0.15) is 13.8 Å². The minimum Gasteiger partial charge on any atom is -0.407 e. The maximum absolute atomic E-state index is 6.06. The Morgan fingerprint density at radius 2 is 2.00 bits per heavy atom. The van der Waals surface area contributed by atoms with Crippen LogP contribution in [0.4, 0.5) is 0 Å². The molecule has 1 atom stereocenters. The highest BCUT2D eigenvalue weighted by Crippen LogP contribution is 2.18. The Balaban J connectivity index is 4.45. The smallest absolute Gasteiger partial charge is 0.191 e. The molecule has 14 heavy (non-hydrogen) atoms. The Bertz CT molecular complexity index is 228. The molecule has 0 aliphatic rings. The van der Waals surface area contributed by atoms with Crippen molar-refractivity contribution in [3.8, 4) is 0 Å². The summed E-state index contributed by atoms with van der Waals surface area (Å²) in [5.41, 5.74) is 1.23. The first-order chi connectivity index (χ1) is 6.46. The van der Waals surface area contributed by atoms with Crippen LogP contribution < -0.4 is 0 Å². The van der Waals surface area contributed by atoms with Crippen LogP contribution in [-0.2, 0) is 4.43 Å². The van der Waals surface area contributed by atoms with E-state index in [1.807, 2.05) is 19.1 Å². The quantitative estimate of drug-likeness (QED) is 0.477. The molecule has 0 N–H and O–H groups in total. The van der Waals surface area contributed by atoms with E-state index in [0.717, 1.165) is 6.04 Å². The molecule has 0 aliphatic carbocycles. The lowest BCUT2D eigenvalue weighted by Gasteiger charge is -2.27. The van der Waals surface area contributed by atoms with Crippen LogP contribution in [0.25, 0.3) is 0 Å². The van der Waals surface area contributed by atoms with Gasteiger partial charge in [0.05, 0.1) is 6.10 Å². The summed E-state index contributed by atoms with van der Waals surface area (Å²) in [5, 5.41) is 0. The standard InChI is InChI=1S/C12H22OSi/c1-7-10-14(5,6)13-12(9-3)11(4)8-2/h7-9,12H,1,3,10H2,2,4-6H3/b11-8+/t12-/m1/s1. The van der Waals surface area contributed by atoms with Crippen LogP contribution in [0.3, 0.4) is 0 Å². The Morgan fingerprint density at radius 1 is 1.43 bits per heavy atom. The highest BCUT2D eigenvalue weighted by Gasteiger charge is 2.24. The summed E-state index contributed by atoms with van der Waals surface area (Å²) in [5.74, 6) is 0. The largest absolute Gasteiger partial charge is 0.407 e. The zero-order valence-electron chi connectivity index (χ0n) is 9.84. The van der Waals surface area contributed by atoms with Gasteiger partial charge < -0.3 is 4.43 Å². The van der Waals surface area contributed by atoms with Crippen molar-refractivity contribution in [2.45, 2.75) is 39.1 Å². The molecule has 0 aliphatic heterocycles. The molecule has 0 bridgehead atoms. The summed E-state index contributed by atoms with van der Waals surface area (Å²) in [6, 6.07) is 0.980. The summed E-state index contributed by atoms with van der Waals surface area (Å²) in [6.07, 6.45) is 5.96. The zero-order valence-corrected chi connectivity index (χ0v) is 10.8. The number of allylic oxidation sites excluding steroid dienone is 2. The molecule has 0 amide bonds. The van der Waals surface area contributed by atoms with Crippen molar-refractivity contribution in [1.29, 1.82) is 0 Å². The topological polar surface area (TPSA) is 9.23 Å². The fourth-order valence-electron chi connectivity index (χ4n) is 1.23. The van der Waals surface area contributed by atoms with Crippen molar-refractivity contribution in [2.75, 3.05) is 0 Å². The summed E-state index contributed by atoms with van der Waals surface area (Å²) < 4.78 is 6.06. The van der Waals surface area contributed by atoms with Gasteiger partial charge in [-0.15, -0.1) is 13.2 Å². The van der Waals surface area contributed by atoms with Gasteiger partial charge in [0.2, 0.25) is 0 Å². The predicted molar refractivity (Wildman–Crippen MR) is 67.0 cm³/mol. The van der Waals surface area contributed by atoms with Crippen LogP contribution in [0.5, 0.6) is 0 Å². The van der Waals surface area contributed by atoms with Crippen molar-refractivity contribution < 1.29 is 4.43 Å². The molecule has 0 aromatic rings. The Hall–Kier alpha value is -0.603. The fraction of sp³-hybridized carbons (Fsp3) is 0.500. The van der Waals surface area contributed by atoms with Crippen LogP contribution >= 0.6 is 0 Å². The third kappa shape index (κ3) is 4.58. The van der Waals surface area contributed by atoms with Gasteiger partial charge in [-0.2, -0.15) is 0 Å². The molecule has 0 radical (unpaired) electrons. The van der Waals surface area contributed by atoms with Gasteiger partial charge in [-0.3, -0.25) is 0 Å². The molecule has 0 saturated carbocycles. The van der Waals surface area contributed by atoms with E-state index in [1.165, 1.54) is 5.57 Å². The third-order valence-corrected chi connectivity index (χ3v) is 4.36. The minimum atomic E-state index is -1.60. The van der Waals surface area contributed by atoms with Gasteiger partial charge in [0.25, 0.3) is 0 Å². The van der Waals surface area contributed by atoms with Crippen molar-refractivity contribution >= 4 is 8.32 Å². The Morgan fingerprint density at radius 3 is 2.36 bits per heavy atom. The van der Waals surface area contributed by atoms with Gasteiger partial charge in [-0.05, 0) is 38.6 Å². The molecule has 0 saturated heterocycles. The molecular weight excluding hydrogens is 188 g/mol. The lowest BCUT2D eigenvalue weighted by Crippen LogP contribution is -2.34. The maximum atomic E-state index is 6.06. The molecule has 0 aromatic heterocycles. The van der Waals surface area contributed by atoms with E-state index in [1.54, 1.807) is 0 Å². The van der Waals surface area contributed by atoms with Crippen LogP contribution in [0.2, 0.25) is 19.1 Å². The van der Waals surface area contributed by atoms with Crippen LogP contribution in [0.15, 0.2) is 37.0 Å². The third-order valence-electron chi connectivity index (χ3n) is 2.20. The maximum Gasteiger partial charge on any atom is 0.191 e. The van der Waals surface area contributed by atoms with E-state index < -0.39 is 8.32 Å². The van der Waals surface area contributed by atoms with E-state index >= 15 is 0 Å². The van der Waals surface area contributed by atoms with Gasteiger partial charge in [0.1, 0.15) is 0 Å². The fourth-order valence-corrected chi connectivity index (χ4v) is 2.99. The first kappa shape index (κ1) is 13.4.